The Hall–Kier alpha value is 0.390. The number of hydrogen-bond acceptors (Lipinski definition) is 1. The largest absolute Gasteiger partial charge is 0.284 e. The van der Waals surface area contributed by atoms with Crippen molar-refractivity contribution in [2.24, 2.45) is 0 Å². The molecule has 1 heterocycles. The van der Waals surface area contributed by atoms with Gasteiger partial charge in [0.2, 0.25) is 0 Å². The summed E-state index contributed by atoms with van der Waals surface area (Å²) < 4.78 is 2.44. The summed E-state index contributed by atoms with van der Waals surface area (Å²) in [6.45, 7) is 3.56. The summed E-state index contributed by atoms with van der Waals surface area (Å²) in [7, 11) is 2.85. The molecule has 0 aromatic heterocycles. The molecule has 0 aromatic carbocycles. The summed E-state index contributed by atoms with van der Waals surface area (Å²) in [6.07, 6.45) is 6.95. The summed E-state index contributed by atoms with van der Waals surface area (Å²) >= 11 is 0. The van der Waals surface area contributed by atoms with Gasteiger partial charge in [0.1, 0.15) is 0 Å². The van der Waals surface area contributed by atoms with Gasteiger partial charge in [0.15, 0.2) is 0 Å². The molecule has 1 aliphatic rings. The van der Waals surface area contributed by atoms with E-state index in [4.69, 9.17) is 0 Å². The first-order valence-electron chi connectivity index (χ1n) is 4.36. The fourth-order valence-corrected chi connectivity index (χ4v) is 2.15. The molecule has 10 heavy (non-hydrogen) atoms. The Morgan fingerprint density at radius 3 is 2.90 bits per heavy atom. The molecule has 60 valence electrons. The molecular formula is C8H18NP. The molecule has 0 saturated carbocycles. The van der Waals surface area contributed by atoms with E-state index in [9.17, 15) is 0 Å². The second-order valence-corrected chi connectivity index (χ2v) is 3.84. The molecule has 0 spiro atoms. The molecule has 1 fully saturated rings. The van der Waals surface area contributed by atoms with Crippen molar-refractivity contribution < 1.29 is 0 Å². The first kappa shape index (κ1) is 8.49. The summed E-state index contributed by atoms with van der Waals surface area (Å²) in [4.78, 5) is 0. The van der Waals surface area contributed by atoms with Gasteiger partial charge in [-0.3, -0.25) is 4.67 Å². The van der Waals surface area contributed by atoms with Crippen molar-refractivity contribution in [2.75, 3.05) is 6.54 Å². The minimum Gasteiger partial charge on any atom is -0.284 e. The lowest BCUT2D eigenvalue weighted by Crippen LogP contribution is -2.31. The van der Waals surface area contributed by atoms with Crippen LogP contribution in [-0.4, -0.2) is 17.3 Å². The standard InChI is InChI=1S/C8H18NP/c1-2-5-8-6-3-4-7-9(8)10/h8H,2-7,10H2,1H3. The van der Waals surface area contributed by atoms with Gasteiger partial charge in [-0.25, -0.2) is 0 Å². The van der Waals surface area contributed by atoms with Crippen molar-refractivity contribution in [1.82, 2.24) is 4.67 Å². The van der Waals surface area contributed by atoms with Crippen LogP contribution in [0, 0.1) is 0 Å². The van der Waals surface area contributed by atoms with Crippen molar-refractivity contribution in [1.29, 1.82) is 0 Å². The molecule has 2 atom stereocenters. The second-order valence-electron chi connectivity index (χ2n) is 3.18. The molecule has 0 amide bonds. The van der Waals surface area contributed by atoms with E-state index in [1.165, 1.54) is 38.6 Å². The van der Waals surface area contributed by atoms with Crippen LogP contribution in [0.2, 0.25) is 0 Å². The molecule has 0 radical (unpaired) electrons. The van der Waals surface area contributed by atoms with Crippen LogP contribution in [0.25, 0.3) is 0 Å². The Balaban J connectivity index is 2.25. The lowest BCUT2D eigenvalue weighted by molar-refractivity contribution is 0.258. The van der Waals surface area contributed by atoms with Gasteiger partial charge in [-0.2, -0.15) is 0 Å². The monoisotopic (exact) mass is 159 g/mol. The van der Waals surface area contributed by atoms with Crippen molar-refractivity contribution in [3.05, 3.63) is 0 Å². The van der Waals surface area contributed by atoms with Crippen LogP contribution in [-0.2, 0) is 0 Å². The predicted molar refractivity (Wildman–Crippen MR) is 49.0 cm³/mol. The van der Waals surface area contributed by atoms with E-state index in [1.807, 2.05) is 0 Å². The lowest BCUT2D eigenvalue weighted by atomic mass is 10.0. The molecule has 0 N–H and O–H groups in total. The van der Waals surface area contributed by atoms with E-state index in [2.05, 4.69) is 21.0 Å². The SMILES string of the molecule is CCCC1CCCCN1P. The minimum atomic E-state index is 0.865. The summed E-state index contributed by atoms with van der Waals surface area (Å²) in [5, 5.41) is 0. The highest BCUT2D eigenvalue weighted by atomic mass is 31.0. The van der Waals surface area contributed by atoms with Gasteiger partial charge < -0.3 is 0 Å². The molecular weight excluding hydrogens is 141 g/mol. The van der Waals surface area contributed by atoms with Gasteiger partial charge in [0, 0.05) is 12.6 Å². The number of nitrogens with zero attached hydrogens (tertiary/aromatic N) is 1. The molecule has 2 heteroatoms. The first-order valence-corrected chi connectivity index (χ1v) is 4.87. The summed E-state index contributed by atoms with van der Waals surface area (Å²) in [6, 6.07) is 0.865. The van der Waals surface area contributed by atoms with E-state index in [0.29, 0.717) is 0 Å². The third kappa shape index (κ3) is 2.21. The van der Waals surface area contributed by atoms with E-state index in [-0.39, 0.29) is 0 Å². The molecule has 0 aliphatic carbocycles. The third-order valence-corrected chi connectivity index (χ3v) is 2.97. The number of hydrogen-bond donors (Lipinski definition) is 0. The second kappa shape index (κ2) is 4.31. The average molecular weight is 159 g/mol. The summed E-state index contributed by atoms with van der Waals surface area (Å²) in [5.41, 5.74) is 0. The van der Waals surface area contributed by atoms with Gasteiger partial charge in [-0.05, 0) is 19.3 Å². The van der Waals surface area contributed by atoms with Crippen LogP contribution in [0.15, 0.2) is 0 Å². The van der Waals surface area contributed by atoms with E-state index in [0.717, 1.165) is 6.04 Å². The molecule has 1 saturated heterocycles. The van der Waals surface area contributed by atoms with E-state index in [1.54, 1.807) is 0 Å². The average Bonchev–Trinajstić information content (AvgIpc) is 1.94. The van der Waals surface area contributed by atoms with Gasteiger partial charge in [0.25, 0.3) is 0 Å². The fraction of sp³-hybridized carbons (Fsp3) is 1.00. The third-order valence-electron chi connectivity index (χ3n) is 2.29. The maximum absolute atomic E-state index is 2.85. The number of piperidine rings is 1. The Bertz CT molecular complexity index is 93.3. The van der Waals surface area contributed by atoms with Gasteiger partial charge >= 0.3 is 0 Å². The van der Waals surface area contributed by atoms with Crippen LogP contribution in [0.4, 0.5) is 0 Å². The van der Waals surface area contributed by atoms with Crippen LogP contribution < -0.4 is 0 Å². The normalized spacial score (nSPS) is 28.8. The number of rotatable bonds is 2. The van der Waals surface area contributed by atoms with Gasteiger partial charge in [-0.1, -0.05) is 29.2 Å². The lowest BCUT2D eigenvalue weighted by Gasteiger charge is -2.31. The maximum atomic E-state index is 2.85. The molecule has 1 aliphatic heterocycles. The van der Waals surface area contributed by atoms with Crippen LogP contribution in [0.5, 0.6) is 0 Å². The van der Waals surface area contributed by atoms with Crippen LogP contribution >= 0.6 is 9.39 Å². The topological polar surface area (TPSA) is 3.24 Å². The quantitative estimate of drug-likeness (QED) is 0.559. The van der Waals surface area contributed by atoms with E-state index < -0.39 is 0 Å². The highest BCUT2D eigenvalue weighted by Crippen LogP contribution is 2.23. The van der Waals surface area contributed by atoms with Crippen LogP contribution in [0.1, 0.15) is 39.0 Å². The molecule has 2 unspecified atom stereocenters. The smallest absolute Gasteiger partial charge is 0.0129 e. The highest BCUT2D eigenvalue weighted by molar-refractivity contribution is 7.13. The van der Waals surface area contributed by atoms with Gasteiger partial charge in [-0.15, -0.1) is 0 Å². The predicted octanol–water partition coefficient (Wildman–Crippen LogP) is 2.43. The fourth-order valence-electron chi connectivity index (χ4n) is 1.67. The van der Waals surface area contributed by atoms with Crippen molar-refractivity contribution in [3.8, 4) is 0 Å². The van der Waals surface area contributed by atoms with Gasteiger partial charge in [0.05, 0.1) is 0 Å². The highest BCUT2D eigenvalue weighted by Gasteiger charge is 2.17. The van der Waals surface area contributed by atoms with Crippen molar-refractivity contribution in [2.45, 2.75) is 45.1 Å². The molecule has 1 nitrogen and oxygen atoms in total. The maximum Gasteiger partial charge on any atom is 0.0129 e. The first-order chi connectivity index (χ1) is 4.84. The van der Waals surface area contributed by atoms with Crippen molar-refractivity contribution in [3.63, 3.8) is 0 Å². The Labute approximate surface area is 66.4 Å². The van der Waals surface area contributed by atoms with E-state index >= 15 is 0 Å². The van der Waals surface area contributed by atoms with Crippen molar-refractivity contribution >= 4 is 9.39 Å². The zero-order chi connectivity index (χ0) is 7.40. The van der Waals surface area contributed by atoms with Crippen LogP contribution in [0.3, 0.4) is 0 Å². The molecule has 0 bridgehead atoms. The Kier molecular flexibility index (Phi) is 3.65. The summed E-state index contributed by atoms with van der Waals surface area (Å²) in [5.74, 6) is 0. The molecule has 1 rings (SSSR count). The zero-order valence-electron chi connectivity index (χ0n) is 6.84. The Morgan fingerprint density at radius 2 is 2.30 bits per heavy atom. The Morgan fingerprint density at radius 1 is 1.50 bits per heavy atom. The molecule has 0 aromatic rings. The zero-order valence-corrected chi connectivity index (χ0v) is 8.00. The minimum absolute atomic E-state index is 0.865.